The Balaban J connectivity index is 2.42. The highest BCUT2D eigenvalue weighted by Crippen LogP contribution is 2.37. The first-order valence-corrected chi connectivity index (χ1v) is 8.72. The van der Waals surface area contributed by atoms with Gasteiger partial charge in [0.05, 0.1) is 29.3 Å². The van der Waals surface area contributed by atoms with Gasteiger partial charge in [-0.25, -0.2) is 8.42 Å². The summed E-state index contributed by atoms with van der Waals surface area (Å²) in [6.07, 6.45) is 0. The van der Waals surface area contributed by atoms with E-state index in [0.717, 1.165) is 0 Å². The summed E-state index contributed by atoms with van der Waals surface area (Å²) in [6, 6.07) is 9.03. The van der Waals surface area contributed by atoms with Gasteiger partial charge in [-0.2, -0.15) is 0 Å². The number of nitrogens with one attached hydrogen (secondary N) is 1. The molecule has 8 heteroatoms. The van der Waals surface area contributed by atoms with Crippen LogP contribution in [-0.4, -0.2) is 22.6 Å². The van der Waals surface area contributed by atoms with Crippen LogP contribution in [-0.2, 0) is 10.0 Å². The molecule has 0 atom stereocenters. The molecular formula is C14H13BrClNO4S. The summed E-state index contributed by atoms with van der Waals surface area (Å²) < 4.78 is 38.3. The second kappa shape index (κ2) is 6.76. The van der Waals surface area contributed by atoms with Gasteiger partial charge >= 0.3 is 0 Å². The van der Waals surface area contributed by atoms with Gasteiger partial charge in [-0.15, -0.1) is 0 Å². The predicted octanol–water partition coefficient (Wildman–Crippen LogP) is 3.92. The van der Waals surface area contributed by atoms with Gasteiger partial charge in [0.1, 0.15) is 11.5 Å². The number of benzene rings is 2. The van der Waals surface area contributed by atoms with Crippen LogP contribution >= 0.6 is 27.5 Å². The lowest BCUT2D eigenvalue weighted by atomic mass is 10.3. The van der Waals surface area contributed by atoms with Crippen LogP contribution in [0.5, 0.6) is 11.5 Å². The van der Waals surface area contributed by atoms with Crippen LogP contribution in [0.1, 0.15) is 0 Å². The molecule has 0 saturated carbocycles. The summed E-state index contributed by atoms with van der Waals surface area (Å²) in [7, 11) is -0.817. The van der Waals surface area contributed by atoms with E-state index in [1.54, 1.807) is 6.07 Å². The van der Waals surface area contributed by atoms with Crippen molar-refractivity contribution >= 4 is 43.2 Å². The summed E-state index contributed by atoms with van der Waals surface area (Å²) in [5.41, 5.74) is 0.275. The maximum atomic E-state index is 12.4. The molecule has 0 aliphatic heterocycles. The third-order valence-electron chi connectivity index (χ3n) is 2.84. The van der Waals surface area contributed by atoms with Gasteiger partial charge in [0.25, 0.3) is 10.0 Å². The molecule has 0 fully saturated rings. The molecule has 5 nitrogen and oxygen atoms in total. The Hall–Kier alpha value is -1.44. The van der Waals surface area contributed by atoms with E-state index in [0.29, 0.717) is 21.0 Å². The molecule has 0 saturated heterocycles. The van der Waals surface area contributed by atoms with E-state index in [2.05, 4.69) is 20.7 Å². The number of halogens is 2. The summed E-state index contributed by atoms with van der Waals surface area (Å²) in [4.78, 5) is 0.0980. The van der Waals surface area contributed by atoms with Crippen LogP contribution in [0.2, 0.25) is 5.02 Å². The van der Waals surface area contributed by atoms with E-state index in [1.165, 1.54) is 44.6 Å². The summed E-state index contributed by atoms with van der Waals surface area (Å²) in [6.45, 7) is 0. The Morgan fingerprint density at radius 1 is 1.05 bits per heavy atom. The number of rotatable bonds is 5. The van der Waals surface area contributed by atoms with Crippen molar-refractivity contribution in [2.45, 2.75) is 4.90 Å². The van der Waals surface area contributed by atoms with Gasteiger partial charge in [0, 0.05) is 17.2 Å². The van der Waals surface area contributed by atoms with Crippen molar-refractivity contribution in [2.24, 2.45) is 0 Å². The van der Waals surface area contributed by atoms with Crippen LogP contribution in [0, 0.1) is 0 Å². The molecule has 0 radical (unpaired) electrons. The third kappa shape index (κ3) is 3.66. The minimum absolute atomic E-state index is 0.0980. The molecule has 2 aromatic rings. The number of methoxy groups -OCH3 is 2. The van der Waals surface area contributed by atoms with Crippen molar-refractivity contribution in [2.75, 3.05) is 18.9 Å². The number of ether oxygens (including phenoxy) is 2. The Bertz CT molecular complexity index is 778. The van der Waals surface area contributed by atoms with Crippen LogP contribution < -0.4 is 14.2 Å². The minimum Gasteiger partial charge on any atom is -0.495 e. The molecule has 0 unspecified atom stereocenters. The van der Waals surface area contributed by atoms with Gasteiger partial charge < -0.3 is 9.47 Å². The standard InChI is InChI=1S/C14H13BrClNO4S/c1-20-13-8-12(14(21-2)7-11(13)15)17-22(18,19)10-5-3-9(16)4-6-10/h3-8,17H,1-2H3. The van der Waals surface area contributed by atoms with Gasteiger partial charge in [-0.05, 0) is 40.2 Å². The van der Waals surface area contributed by atoms with Crippen LogP contribution in [0.25, 0.3) is 0 Å². The first-order chi connectivity index (χ1) is 10.4. The topological polar surface area (TPSA) is 64.6 Å². The maximum Gasteiger partial charge on any atom is 0.262 e. The number of hydrogen-bond acceptors (Lipinski definition) is 4. The number of hydrogen-bond donors (Lipinski definition) is 1. The fourth-order valence-corrected chi connectivity index (χ4v) is 3.43. The summed E-state index contributed by atoms with van der Waals surface area (Å²) in [5.74, 6) is 0.847. The van der Waals surface area contributed by atoms with Crippen LogP contribution in [0.4, 0.5) is 5.69 Å². The quantitative estimate of drug-likeness (QED) is 0.817. The molecule has 2 aromatic carbocycles. The van der Waals surface area contributed by atoms with E-state index >= 15 is 0 Å². The van der Waals surface area contributed by atoms with Crippen molar-refractivity contribution in [3.8, 4) is 11.5 Å². The molecule has 1 N–H and O–H groups in total. The Morgan fingerprint density at radius 2 is 1.64 bits per heavy atom. The van der Waals surface area contributed by atoms with Crippen molar-refractivity contribution in [1.82, 2.24) is 0 Å². The van der Waals surface area contributed by atoms with E-state index in [9.17, 15) is 8.42 Å². The molecule has 0 aliphatic rings. The zero-order valence-corrected chi connectivity index (χ0v) is 14.9. The lowest BCUT2D eigenvalue weighted by Gasteiger charge is -2.14. The lowest BCUT2D eigenvalue weighted by Crippen LogP contribution is -2.13. The Kier molecular flexibility index (Phi) is 5.20. The van der Waals surface area contributed by atoms with Crippen molar-refractivity contribution in [1.29, 1.82) is 0 Å². The summed E-state index contributed by atoms with van der Waals surface area (Å²) in [5, 5.41) is 0.460. The highest BCUT2D eigenvalue weighted by atomic mass is 79.9. The van der Waals surface area contributed by atoms with E-state index in [-0.39, 0.29) is 10.6 Å². The molecule has 0 heterocycles. The molecule has 22 heavy (non-hydrogen) atoms. The van der Waals surface area contributed by atoms with Gasteiger partial charge in [0.2, 0.25) is 0 Å². The SMILES string of the molecule is COc1cc(NS(=O)(=O)c2ccc(Cl)cc2)c(OC)cc1Br. The first kappa shape index (κ1) is 16.9. The largest absolute Gasteiger partial charge is 0.495 e. The molecule has 118 valence electrons. The average molecular weight is 407 g/mol. The molecule has 0 amide bonds. The molecule has 0 aromatic heterocycles. The van der Waals surface area contributed by atoms with E-state index in [1.807, 2.05) is 0 Å². The summed E-state index contributed by atoms with van der Waals surface area (Å²) >= 11 is 9.09. The van der Waals surface area contributed by atoms with Crippen LogP contribution in [0.3, 0.4) is 0 Å². The molecule has 0 bridgehead atoms. The van der Waals surface area contributed by atoms with Crippen molar-refractivity contribution in [3.05, 3.63) is 45.9 Å². The minimum atomic E-state index is -3.76. The number of anilines is 1. The third-order valence-corrected chi connectivity index (χ3v) is 5.10. The first-order valence-electron chi connectivity index (χ1n) is 6.07. The van der Waals surface area contributed by atoms with Crippen molar-refractivity contribution < 1.29 is 17.9 Å². The zero-order chi connectivity index (χ0) is 16.3. The predicted molar refractivity (Wildman–Crippen MR) is 89.5 cm³/mol. The Labute approximate surface area is 142 Å². The monoisotopic (exact) mass is 405 g/mol. The fraction of sp³-hybridized carbons (Fsp3) is 0.143. The number of sulfonamides is 1. The normalized spacial score (nSPS) is 11.1. The fourth-order valence-electron chi connectivity index (χ4n) is 1.76. The highest BCUT2D eigenvalue weighted by molar-refractivity contribution is 9.10. The average Bonchev–Trinajstić information content (AvgIpc) is 2.48. The van der Waals surface area contributed by atoms with Crippen molar-refractivity contribution in [3.63, 3.8) is 0 Å². The van der Waals surface area contributed by atoms with E-state index in [4.69, 9.17) is 21.1 Å². The molecule has 2 rings (SSSR count). The van der Waals surface area contributed by atoms with E-state index < -0.39 is 10.0 Å². The maximum absolute atomic E-state index is 12.4. The molecule has 0 aliphatic carbocycles. The van der Waals surface area contributed by atoms with Gasteiger partial charge in [-0.3, -0.25) is 4.72 Å². The van der Waals surface area contributed by atoms with Gasteiger partial charge in [0.15, 0.2) is 0 Å². The Morgan fingerprint density at radius 3 is 2.18 bits per heavy atom. The smallest absolute Gasteiger partial charge is 0.262 e. The second-order valence-electron chi connectivity index (χ2n) is 4.25. The highest BCUT2D eigenvalue weighted by Gasteiger charge is 2.18. The van der Waals surface area contributed by atoms with Gasteiger partial charge in [-0.1, -0.05) is 11.6 Å². The lowest BCUT2D eigenvalue weighted by molar-refractivity contribution is 0.402. The molecule has 0 spiro atoms. The molecular weight excluding hydrogens is 394 g/mol. The second-order valence-corrected chi connectivity index (χ2v) is 7.22. The zero-order valence-electron chi connectivity index (χ0n) is 11.8. The van der Waals surface area contributed by atoms with Crippen LogP contribution in [0.15, 0.2) is 45.8 Å².